The number of benzene rings is 1. The second kappa shape index (κ2) is 5.34. The molecule has 1 aromatic heterocycles. The lowest BCUT2D eigenvalue weighted by Gasteiger charge is -2.07. The van der Waals surface area contributed by atoms with Gasteiger partial charge < -0.3 is 14.0 Å². The average Bonchev–Trinajstić information content (AvgIpc) is 2.68. The van der Waals surface area contributed by atoms with E-state index in [4.69, 9.17) is 9.47 Å². The van der Waals surface area contributed by atoms with Gasteiger partial charge in [0.15, 0.2) is 0 Å². The van der Waals surface area contributed by atoms with Gasteiger partial charge in [-0.15, -0.1) is 0 Å². The number of fused-ring (bicyclic) bond motifs is 1. The number of carbonyl (C=O) groups excluding carboxylic acids is 1. The standard InChI is InChI=1S/C15H19NO3/c1-5-19-13(17)8-11-9-16(3)15-12(18-4)7-6-10(2)14(11)15/h6-7,9H,5,8H2,1-4H3. The van der Waals surface area contributed by atoms with Crippen LogP contribution in [0.5, 0.6) is 5.75 Å². The lowest BCUT2D eigenvalue weighted by Crippen LogP contribution is -2.07. The molecule has 19 heavy (non-hydrogen) atoms. The summed E-state index contributed by atoms with van der Waals surface area (Å²) < 4.78 is 12.4. The summed E-state index contributed by atoms with van der Waals surface area (Å²) in [6, 6.07) is 3.96. The minimum Gasteiger partial charge on any atom is -0.495 e. The molecule has 2 rings (SSSR count). The summed E-state index contributed by atoms with van der Waals surface area (Å²) in [5.41, 5.74) is 3.13. The third-order valence-corrected chi connectivity index (χ3v) is 3.23. The number of aryl methyl sites for hydroxylation is 2. The van der Waals surface area contributed by atoms with Gasteiger partial charge in [0, 0.05) is 18.6 Å². The molecule has 1 heterocycles. The van der Waals surface area contributed by atoms with E-state index in [0.717, 1.165) is 27.8 Å². The number of aromatic nitrogens is 1. The van der Waals surface area contributed by atoms with Gasteiger partial charge in [0.2, 0.25) is 0 Å². The molecule has 0 aliphatic heterocycles. The van der Waals surface area contributed by atoms with Gasteiger partial charge >= 0.3 is 5.97 Å². The van der Waals surface area contributed by atoms with E-state index in [1.165, 1.54) is 0 Å². The molecular weight excluding hydrogens is 242 g/mol. The number of hydrogen-bond acceptors (Lipinski definition) is 3. The number of ether oxygens (including phenoxy) is 2. The Morgan fingerprint density at radius 2 is 2.11 bits per heavy atom. The molecule has 0 saturated carbocycles. The Bertz CT molecular complexity index is 613. The van der Waals surface area contributed by atoms with Crippen LogP contribution in [0.4, 0.5) is 0 Å². The molecule has 0 saturated heterocycles. The molecule has 0 radical (unpaired) electrons. The summed E-state index contributed by atoms with van der Waals surface area (Å²) >= 11 is 0. The maximum Gasteiger partial charge on any atom is 0.310 e. The Morgan fingerprint density at radius 3 is 2.74 bits per heavy atom. The van der Waals surface area contributed by atoms with Gasteiger partial charge in [0.25, 0.3) is 0 Å². The Labute approximate surface area is 112 Å². The largest absolute Gasteiger partial charge is 0.495 e. The molecule has 1 aromatic carbocycles. The predicted octanol–water partition coefficient (Wildman–Crippen LogP) is 2.60. The molecule has 4 heteroatoms. The van der Waals surface area contributed by atoms with Crippen molar-refractivity contribution in [1.82, 2.24) is 4.57 Å². The summed E-state index contributed by atoms with van der Waals surface area (Å²) in [6.07, 6.45) is 2.26. The third kappa shape index (κ3) is 2.43. The van der Waals surface area contributed by atoms with Crippen molar-refractivity contribution in [3.05, 3.63) is 29.5 Å². The van der Waals surface area contributed by atoms with E-state index in [0.29, 0.717) is 13.0 Å². The fourth-order valence-electron chi connectivity index (χ4n) is 2.46. The van der Waals surface area contributed by atoms with Crippen molar-refractivity contribution in [2.24, 2.45) is 7.05 Å². The maximum absolute atomic E-state index is 11.7. The van der Waals surface area contributed by atoms with E-state index in [9.17, 15) is 4.79 Å². The van der Waals surface area contributed by atoms with Crippen LogP contribution in [0.3, 0.4) is 0 Å². The first-order valence-corrected chi connectivity index (χ1v) is 6.35. The van der Waals surface area contributed by atoms with E-state index in [-0.39, 0.29) is 5.97 Å². The SMILES string of the molecule is CCOC(=O)Cc1cn(C)c2c(OC)ccc(C)c12. The number of carbonyl (C=O) groups is 1. The van der Waals surface area contributed by atoms with Gasteiger partial charge in [0.05, 0.1) is 25.7 Å². The minimum atomic E-state index is -0.197. The third-order valence-electron chi connectivity index (χ3n) is 3.23. The lowest BCUT2D eigenvalue weighted by atomic mass is 10.0. The lowest BCUT2D eigenvalue weighted by molar-refractivity contribution is -0.142. The molecule has 0 amide bonds. The molecule has 0 bridgehead atoms. The van der Waals surface area contributed by atoms with Crippen molar-refractivity contribution in [1.29, 1.82) is 0 Å². The first kappa shape index (κ1) is 13.5. The Kier molecular flexibility index (Phi) is 3.79. The first-order chi connectivity index (χ1) is 9.08. The fraction of sp³-hybridized carbons (Fsp3) is 0.400. The summed E-state index contributed by atoms with van der Waals surface area (Å²) in [5, 5.41) is 1.08. The molecule has 0 aliphatic carbocycles. The van der Waals surface area contributed by atoms with E-state index in [2.05, 4.69) is 0 Å². The van der Waals surface area contributed by atoms with E-state index < -0.39 is 0 Å². The van der Waals surface area contributed by atoms with Crippen LogP contribution in [0.15, 0.2) is 18.3 Å². The second-order valence-corrected chi connectivity index (χ2v) is 4.56. The zero-order valence-corrected chi connectivity index (χ0v) is 11.8. The maximum atomic E-state index is 11.7. The summed E-state index contributed by atoms with van der Waals surface area (Å²) in [5.74, 6) is 0.621. The number of methoxy groups -OCH3 is 1. The van der Waals surface area contributed by atoms with Gasteiger partial charge in [-0.1, -0.05) is 6.07 Å². The number of hydrogen-bond donors (Lipinski definition) is 0. The highest BCUT2D eigenvalue weighted by molar-refractivity contribution is 5.94. The van der Waals surface area contributed by atoms with Gasteiger partial charge in [0.1, 0.15) is 5.75 Å². The van der Waals surface area contributed by atoms with Crippen molar-refractivity contribution < 1.29 is 14.3 Å². The van der Waals surface area contributed by atoms with Crippen LogP contribution in [0.2, 0.25) is 0 Å². The quantitative estimate of drug-likeness (QED) is 0.794. The van der Waals surface area contributed by atoms with E-state index >= 15 is 0 Å². The van der Waals surface area contributed by atoms with Crippen LogP contribution >= 0.6 is 0 Å². The Hall–Kier alpha value is -1.97. The van der Waals surface area contributed by atoms with Crippen molar-refractivity contribution >= 4 is 16.9 Å². The van der Waals surface area contributed by atoms with Crippen LogP contribution < -0.4 is 4.74 Å². The smallest absolute Gasteiger partial charge is 0.310 e. The highest BCUT2D eigenvalue weighted by atomic mass is 16.5. The molecule has 0 aliphatic rings. The van der Waals surface area contributed by atoms with Crippen molar-refractivity contribution in [3.63, 3.8) is 0 Å². The molecule has 0 fully saturated rings. The zero-order valence-electron chi connectivity index (χ0n) is 11.8. The van der Waals surface area contributed by atoms with Gasteiger partial charge in [-0.05, 0) is 31.0 Å². The normalized spacial score (nSPS) is 10.7. The Morgan fingerprint density at radius 1 is 1.37 bits per heavy atom. The summed E-state index contributed by atoms with van der Waals surface area (Å²) in [4.78, 5) is 11.7. The number of rotatable bonds is 4. The van der Waals surface area contributed by atoms with E-state index in [1.54, 1.807) is 7.11 Å². The minimum absolute atomic E-state index is 0.197. The zero-order chi connectivity index (χ0) is 14.0. The first-order valence-electron chi connectivity index (χ1n) is 6.35. The van der Waals surface area contributed by atoms with Gasteiger partial charge in [-0.25, -0.2) is 0 Å². The van der Waals surface area contributed by atoms with Crippen molar-refractivity contribution in [3.8, 4) is 5.75 Å². The highest BCUT2D eigenvalue weighted by Gasteiger charge is 2.16. The van der Waals surface area contributed by atoms with Gasteiger partial charge in [-0.2, -0.15) is 0 Å². The second-order valence-electron chi connectivity index (χ2n) is 4.56. The molecule has 0 atom stereocenters. The molecule has 4 nitrogen and oxygen atoms in total. The number of nitrogens with zero attached hydrogens (tertiary/aromatic N) is 1. The average molecular weight is 261 g/mol. The van der Waals surface area contributed by atoms with Crippen LogP contribution in [0.1, 0.15) is 18.1 Å². The molecular formula is C15H19NO3. The van der Waals surface area contributed by atoms with Crippen LogP contribution in [-0.4, -0.2) is 24.3 Å². The fourth-order valence-corrected chi connectivity index (χ4v) is 2.46. The molecule has 0 spiro atoms. The summed E-state index contributed by atoms with van der Waals surface area (Å²) in [7, 11) is 3.61. The van der Waals surface area contributed by atoms with Crippen LogP contribution in [0, 0.1) is 6.92 Å². The Balaban J connectivity index is 2.54. The molecule has 0 unspecified atom stereocenters. The molecule has 0 N–H and O–H groups in total. The molecule has 2 aromatic rings. The van der Waals surface area contributed by atoms with Crippen LogP contribution in [0.25, 0.3) is 10.9 Å². The number of esters is 1. The highest BCUT2D eigenvalue weighted by Crippen LogP contribution is 2.32. The van der Waals surface area contributed by atoms with E-state index in [1.807, 2.05) is 43.8 Å². The monoisotopic (exact) mass is 261 g/mol. The summed E-state index contributed by atoms with van der Waals surface area (Å²) in [6.45, 7) is 4.26. The predicted molar refractivity (Wildman–Crippen MR) is 74.5 cm³/mol. The van der Waals surface area contributed by atoms with Crippen LogP contribution in [-0.2, 0) is 23.0 Å². The topological polar surface area (TPSA) is 40.5 Å². The van der Waals surface area contributed by atoms with Crippen molar-refractivity contribution in [2.45, 2.75) is 20.3 Å². The van der Waals surface area contributed by atoms with Crippen molar-refractivity contribution in [2.75, 3.05) is 13.7 Å². The molecule has 102 valence electrons. The van der Waals surface area contributed by atoms with Gasteiger partial charge in [-0.3, -0.25) is 4.79 Å².